The Morgan fingerprint density at radius 3 is 2.71 bits per heavy atom. The molecule has 24 heavy (non-hydrogen) atoms. The molecule has 0 fully saturated rings. The van der Waals surface area contributed by atoms with Crippen LogP contribution in [0.2, 0.25) is 5.02 Å². The molecule has 0 atom stereocenters. The molecule has 0 aliphatic heterocycles. The van der Waals surface area contributed by atoms with Crippen molar-refractivity contribution in [2.45, 2.75) is 45.6 Å². The molecule has 0 aliphatic rings. The molecule has 2 N–H and O–H groups in total. The van der Waals surface area contributed by atoms with Gasteiger partial charge in [-0.05, 0) is 37.5 Å². The zero-order valence-corrected chi connectivity index (χ0v) is 15.4. The minimum absolute atomic E-state index is 0.129. The van der Waals surface area contributed by atoms with E-state index < -0.39 is 0 Å². The molecule has 0 radical (unpaired) electrons. The van der Waals surface area contributed by atoms with Crippen molar-refractivity contribution in [2.75, 3.05) is 20.2 Å². The van der Waals surface area contributed by atoms with Gasteiger partial charge in [0.15, 0.2) is 5.96 Å². The molecule has 5 nitrogen and oxygen atoms in total. The fraction of sp³-hybridized carbons (Fsp3) is 0.556. The second-order valence-electron chi connectivity index (χ2n) is 5.49. The average molecular weight is 354 g/mol. The Bertz CT molecular complexity index is 521. The van der Waals surface area contributed by atoms with Gasteiger partial charge in [-0.15, -0.1) is 0 Å². The molecule has 0 amide bonds. The van der Waals surface area contributed by atoms with Crippen molar-refractivity contribution in [1.29, 1.82) is 0 Å². The molecule has 0 unspecified atom stereocenters. The predicted octanol–water partition coefficient (Wildman–Crippen LogP) is 3.52. The quantitative estimate of drug-likeness (QED) is 0.292. The summed E-state index contributed by atoms with van der Waals surface area (Å²) in [4.78, 5) is 15.6. The number of benzene rings is 1. The summed E-state index contributed by atoms with van der Waals surface area (Å²) in [7, 11) is 1.43. The third-order valence-electron chi connectivity index (χ3n) is 3.48. The number of unbranched alkanes of at least 4 members (excludes halogenated alkanes) is 3. The van der Waals surface area contributed by atoms with Gasteiger partial charge < -0.3 is 15.4 Å². The maximum atomic E-state index is 11.0. The van der Waals surface area contributed by atoms with Crippen LogP contribution in [0.4, 0.5) is 0 Å². The van der Waals surface area contributed by atoms with Crippen molar-refractivity contribution in [1.82, 2.24) is 10.6 Å². The Hall–Kier alpha value is -1.75. The first kappa shape index (κ1) is 20.3. The topological polar surface area (TPSA) is 62.7 Å². The fourth-order valence-electron chi connectivity index (χ4n) is 2.20. The van der Waals surface area contributed by atoms with E-state index in [9.17, 15) is 4.79 Å². The van der Waals surface area contributed by atoms with Crippen molar-refractivity contribution < 1.29 is 9.53 Å². The van der Waals surface area contributed by atoms with E-state index in [1.54, 1.807) is 0 Å². The Morgan fingerprint density at radius 2 is 2.00 bits per heavy atom. The minimum atomic E-state index is -0.129. The molecule has 0 aromatic heterocycles. The maximum Gasteiger partial charge on any atom is 0.305 e. The molecule has 1 aromatic carbocycles. The molecular weight excluding hydrogens is 326 g/mol. The SMILES string of the molecule is CCNC(=NCc1cccc(Cl)c1)NCCCCCCC(=O)OC. The van der Waals surface area contributed by atoms with Gasteiger partial charge in [0, 0.05) is 24.5 Å². The standard InChI is InChI=1S/C18H28ClN3O2/c1-3-20-18(22-14-15-9-8-10-16(19)13-15)21-12-7-5-4-6-11-17(23)24-2/h8-10,13H,3-7,11-12,14H2,1-2H3,(H2,20,21,22). The number of ether oxygens (including phenoxy) is 1. The Kier molecular flexibility index (Phi) is 10.7. The van der Waals surface area contributed by atoms with Gasteiger partial charge in [0.2, 0.25) is 0 Å². The van der Waals surface area contributed by atoms with Crippen LogP contribution in [0.3, 0.4) is 0 Å². The number of halogens is 1. The number of aliphatic imine (C=N–C) groups is 1. The van der Waals surface area contributed by atoms with Gasteiger partial charge in [-0.3, -0.25) is 4.79 Å². The predicted molar refractivity (Wildman–Crippen MR) is 99.4 cm³/mol. The summed E-state index contributed by atoms with van der Waals surface area (Å²) in [6.07, 6.45) is 4.55. The summed E-state index contributed by atoms with van der Waals surface area (Å²) < 4.78 is 4.62. The number of nitrogens with one attached hydrogen (secondary N) is 2. The lowest BCUT2D eigenvalue weighted by atomic mass is 10.1. The lowest BCUT2D eigenvalue weighted by Crippen LogP contribution is -2.37. The van der Waals surface area contributed by atoms with Crippen LogP contribution in [-0.4, -0.2) is 32.1 Å². The van der Waals surface area contributed by atoms with Gasteiger partial charge in [0.1, 0.15) is 0 Å². The molecule has 0 heterocycles. The molecule has 0 aliphatic carbocycles. The van der Waals surface area contributed by atoms with Crippen LogP contribution >= 0.6 is 11.6 Å². The van der Waals surface area contributed by atoms with Crippen LogP contribution in [0.5, 0.6) is 0 Å². The number of hydrogen-bond donors (Lipinski definition) is 2. The Morgan fingerprint density at radius 1 is 1.21 bits per heavy atom. The molecule has 0 bridgehead atoms. The van der Waals surface area contributed by atoms with Crippen LogP contribution in [0.15, 0.2) is 29.3 Å². The molecule has 1 rings (SSSR count). The zero-order valence-electron chi connectivity index (χ0n) is 14.6. The number of methoxy groups -OCH3 is 1. The monoisotopic (exact) mass is 353 g/mol. The van der Waals surface area contributed by atoms with Crippen LogP contribution in [-0.2, 0) is 16.1 Å². The second-order valence-corrected chi connectivity index (χ2v) is 5.93. The Balaban J connectivity index is 2.25. The van der Waals surface area contributed by atoms with Crippen LogP contribution < -0.4 is 10.6 Å². The molecule has 1 aromatic rings. The van der Waals surface area contributed by atoms with E-state index in [4.69, 9.17) is 11.6 Å². The molecule has 0 saturated carbocycles. The van der Waals surface area contributed by atoms with E-state index in [2.05, 4.69) is 20.4 Å². The van der Waals surface area contributed by atoms with E-state index in [0.717, 1.165) is 55.3 Å². The van der Waals surface area contributed by atoms with E-state index >= 15 is 0 Å². The van der Waals surface area contributed by atoms with Gasteiger partial charge in [0.25, 0.3) is 0 Å². The smallest absolute Gasteiger partial charge is 0.305 e. The molecule has 0 spiro atoms. The van der Waals surface area contributed by atoms with Gasteiger partial charge in [-0.2, -0.15) is 0 Å². The maximum absolute atomic E-state index is 11.0. The van der Waals surface area contributed by atoms with Gasteiger partial charge in [-0.1, -0.05) is 36.6 Å². The molecule has 0 saturated heterocycles. The van der Waals surface area contributed by atoms with Crippen molar-refractivity contribution in [3.8, 4) is 0 Å². The van der Waals surface area contributed by atoms with Crippen molar-refractivity contribution in [2.24, 2.45) is 4.99 Å². The summed E-state index contributed by atoms with van der Waals surface area (Å²) in [5.41, 5.74) is 1.09. The molecule has 134 valence electrons. The normalized spacial score (nSPS) is 11.2. The van der Waals surface area contributed by atoms with Crippen molar-refractivity contribution in [3.05, 3.63) is 34.9 Å². The first-order chi connectivity index (χ1) is 11.7. The first-order valence-corrected chi connectivity index (χ1v) is 8.87. The minimum Gasteiger partial charge on any atom is -0.469 e. The summed E-state index contributed by atoms with van der Waals surface area (Å²) in [5.74, 6) is 0.683. The van der Waals surface area contributed by atoms with Gasteiger partial charge in [-0.25, -0.2) is 4.99 Å². The van der Waals surface area contributed by atoms with E-state index in [0.29, 0.717) is 13.0 Å². The highest BCUT2D eigenvalue weighted by atomic mass is 35.5. The van der Waals surface area contributed by atoms with Crippen LogP contribution in [0.25, 0.3) is 0 Å². The summed E-state index contributed by atoms with van der Waals surface area (Å²) >= 11 is 5.99. The lowest BCUT2D eigenvalue weighted by molar-refractivity contribution is -0.140. The summed E-state index contributed by atoms with van der Waals surface area (Å²) in [6.45, 7) is 4.32. The van der Waals surface area contributed by atoms with Crippen LogP contribution in [0, 0.1) is 0 Å². The lowest BCUT2D eigenvalue weighted by Gasteiger charge is -2.11. The number of nitrogens with zero attached hydrogens (tertiary/aromatic N) is 1. The van der Waals surface area contributed by atoms with Gasteiger partial charge in [0.05, 0.1) is 13.7 Å². The first-order valence-electron chi connectivity index (χ1n) is 8.49. The van der Waals surface area contributed by atoms with Crippen molar-refractivity contribution in [3.63, 3.8) is 0 Å². The third kappa shape index (κ3) is 9.40. The fourth-order valence-corrected chi connectivity index (χ4v) is 2.42. The Labute approximate surface area is 149 Å². The molecular formula is C18H28ClN3O2. The highest BCUT2D eigenvalue weighted by Crippen LogP contribution is 2.11. The van der Waals surface area contributed by atoms with E-state index in [1.165, 1.54) is 7.11 Å². The number of carbonyl (C=O) groups excluding carboxylic acids is 1. The average Bonchev–Trinajstić information content (AvgIpc) is 2.58. The zero-order chi connectivity index (χ0) is 17.6. The third-order valence-corrected chi connectivity index (χ3v) is 3.72. The highest BCUT2D eigenvalue weighted by molar-refractivity contribution is 6.30. The number of rotatable bonds is 10. The number of guanidine groups is 1. The van der Waals surface area contributed by atoms with Gasteiger partial charge >= 0.3 is 5.97 Å². The summed E-state index contributed by atoms with van der Waals surface area (Å²) in [6, 6.07) is 7.73. The number of esters is 1. The van der Waals surface area contributed by atoms with Crippen molar-refractivity contribution >= 4 is 23.5 Å². The molecule has 6 heteroatoms. The highest BCUT2D eigenvalue weighted by Gasteiger charge is 2.00. The van der Waals surface area contributed by atoms with E-state index in [1.807, 2.05) is 31.2 Å². The van der Waals surface area contributed by atoms with Crippen LogP contribution in [0.1, 0.15) is 44.6 Å². The number of carbonyl (C=O) groups is 1. The second kappa shape index (κ2) is 12.6. The largest absolute Gasteiger partial charge is 0.469 e. The number of hydrogen-bond acceptors (Lipinski definition) is 3. The van der Waals surface area contributed by atoms with E-state index in [-0.39, 0.29) is 5.97 Å². The summed E-state index contributed by atoms with van der Waals surface area (Å²) in [5, 5.41) is 7.30.